The minimum atomic E-state index is -3.53. The summed E-state index contributed by atoms with van der Waals surface area (Å²) in [5.41, 5.74) is 0.515. The molecule has 1 fully saturated rings. The first kappa shape index (κ1) is 14.9. The van der Waals surface area contributed by atoms with Crippen LogP contribution >= 0.6 is 0 Å². The Balaban J connectivity index is 1.74. The SMILES string of the molecule is O=S(=O)(c1cccnc1)N1CCN(c2ccccc2F)CC1. The summed E-state index contributed by atoms with van der Waals surface area (Å²) in [6, 6.07) is 9.67. The van der Waals surface area contributed by atoms with Gasteiger partial charge in [-0.3, -0.25) is 4.98 Å². The van der Waals surface area contributed by atoms with Gasteiger partial charge in [-0.2, -0.15) is 4.31 Å². The summed E-state index contributed by atoms with van der Waals surface area (Å²) in [7, 11) is -3.53. The third-order valence-electron chi connectivity index (χ3n) is 3.70. The average Bonchev–Trinajstić information content (AvgIpc) is 2.56. The van der Waals surface area contributed by atoms with Crippen LogP contribution in [0.1, 0.15) is 0 Å². The molecule has 2 heterocycles. The molecule has 2 aromatic rings. The normalized spacial score (nSPS) is 16.7. The quantitative estimate of drug-likeness (QED) is 0.864. The maximum Gasteiger partial charge on any atom is 0.244 e. The van der Waals surface area contributed by atoms with Gasteiger partial charge in [0.1, 0.15) is 10.7 Å². The number of pyridine rings is 1. The van der Waals surface area contributed by atoms with Crippen molar-refractivity contribution in [3.63, 3.8) is 0 Å². The molecule has 0 radical (unpaired) electrons. The van der Waals surface area contributed by atoms with Gasteiger partial charge >= 0.3 is 0 Å². The fraction of sp³-hybridized carbons (Fsp3) is 0.267. The second-order valence-electron chi connectivity index (χ2n) is 5.03. The second kappa shape index (κ2) is 6.02. The summed E-state index contributed by atoms with van der Waals surface area (Å²) in [6.45, 7) is 1.57. The summed E-state index contributed by atoms with van der Waals surface area (Å²) in [6.07, 6.45) is 2.88. The van der Waals surface area contributed by atoms with Crippen LogP contribution in [0.25, 0.3) is 0 Å². The van der Waals surface area contributed by atoms with Crippen LogP contribution in [0.3, 0.4) is 0 Å². The topological polar surface area (TPSA) is 53.5 Å². The summed E-state index contributed by atoms with van der Waals surface area (Å²) >= 11 is 0. The third kappa shape index (κ3) is 2.82. The van der Waals surface area contributed by atoms with Crippen molar-refractivity contribution >= 4 is 15.7 Å². The Labute approximate surface area is 129 Å². The number of hydrogen-bond donors (Lipinski definition) is 0. The van der Waals surface area contributed by atoms with Crippen molar-refractivity contribution in [1.82, 2.24) is 9.29 Å². The molecule has 0 saturated carbocycles. The number of para-hydroxylation sites is 1. The molecule has 22 heavy (non-hydrogen) atoms. The van der Waals surface area contributed by atoms with E-state index in [4.69, 9.17) is 0 Å². The molecule has 0 bridgehead atoms. The van der Waals surface area contributed by atoms with Gasteiger partial charge < -0.3 is 4.90 Å². The number of sulfonamides is 1. The van der Waals surface area contributed by atoms with Crippen LogP contribution in [0.15, 0.2) is 53.7 Å². The van der Waals surface area contributed by atoms with Gasteiger partial charge in [-0.25, -0.2) is 12.8 Å². The Morgan fingerprint density at radius 1 is 1.00 bits per heavy atom. The molecular weight excluding hydrogens is 305 g/mol. The van der Waals surface area contributed by atoms with E-state index in [0.29, 0.717) is 31.9 Å². The fourth-order valence-electron chi connectivity index (χ4n) is 2.53. The molecule has 0 amide bonds. The molecular formula is C15H16FN3O2S. The average molecular weight is 321 g/mol. The summed E-state index contributed by atoms with van der Waals surface area (Å²) in [5.74, 6) is -0.286. The van der Waals surface area contributed by atoms with Crippen molar-refractivity contribution in [2.24, 2.45) is 0 Å². The second-order valence-corrected chi connectivity index (χ2v) is 6.97. The Morgan fingerprint density at radius 2 is 1.73 bits per heavy atom. The van der Waals surface area contributed by atoms with E-state index in [2.05, 4.69) is 4.98 Å². The first-order valence-electron chi connectivity index (χ1n) is 6.99. The van der Waals surface area contributed by atoms with Crippen LogP contribution in [0, 0.1) is 5.82 Å². The lowest BCUT2D eigenvalue weighted by atomic mass is 10.2. The van der Waals surface area contributed by atoms with E-state index in [0.717, 1.165) is 0 Å². The van der Waals surface area contributed by atoms with Crippen LogP contribution < -0.4 is 4.90 Å². The molecule has 0 aliphatic carbocycles. The van der Waals surface area contributed by atoms with Crippen LogP contribution in [-0.2, 0) is 10.0 Å². The lowest BCUT2D eigenvalue weighted by Crippen LogP contribution is -2.48. The first-order valence-corrected chi connectivity index (χ1v) is 8.43. The molecule has 0 spiro atoms. The molecule has 1 aromatic heterocycles. The summed E-state index contributed by atoms with van der Waals surface area (Å²) < 4.78 is 40.2. The van der Waals surface area contributed by atoms with Crippen molar-refractivity contribution in [3.8, 4) is 0 Å². The highest BCUT2D eigenvalue weighted by atomic mass is 32.2. The van der Waals surface area contributed by atoms with E-state index >= 15 is 0 Å². The predicted molar refractivity (Wildman–Crippen MR) is 81.6 cm³/mol. The highest BCUT2D eigenvalue weighted by molar-refractivity contribution is 7.89. The lowest BCUT2D eigenvalue weighted by molar-refractivity contribution is 0.383. The van der Waals surface area contributed by atoms with Gasteiger partial charge in [-0.15, -0.1) is 0 Å². The van der Waals surface area contributed by atoms with Gasteiger partial charge in [0.15, 0.2) is 0 Å². The monoisotopic (exact) mass is 321 g/mol. The van der Waals surface area contributed by atoms with Crippen molar-refractivity contribution in [2.45, 2.75) is 4.90 Å². The maximum absolute atomic E-state index is 13.8. The molecule has 1 aromatic carbocycles. The van der Waals surface area contributed by atoms with Crippen LogP contribution in [-0.4, -0.2) is 43.9 Å². The lowest BCUT2D eigenvalue weighted by Gasteiger charge is -2.35. The molecule has 0 atom stereocenters. The zero-order valence-electron chi connectivity index (χ0n) is 11.9. The number of hydrogen-bond acceptors (Lipinski definition) is 4. The Morgan fingerprint density at radius 3 is 2.36 bits per heavy atom. The third-order valence-corrected chi connectivity index (χ3v) is 5.59. The van der Waals surface area contributed by atoms with Gasteiger partial charge in [0.25, 0.3) is 0 Å². The fourth-order valence-corrected chi connectivity index (χ4v) is 3.91. The minimum absolute atomic E-state index is 0.189. The van der Waals surface area contributed by atoms with E-state index in [1.807, 2.05) is 4.90 Å². The van der Waals surface area contributed by atoms with E-state index < -0.39 is 10.0 Å². The molecule has 0 unspecified atom stereocenters. The highest BCUT2D eigenvalue weighted by Gasteiger charge is 2.29. The molecule has 1 aliphatic rings. The van der Waals surface area contributed by atoms with E-state index in [1.54, 1.807) is 24.3 Å². The van der Waals surface area contributed by atoms with Gasteiger partial charge in [-0.1, -0.05) is 12.1 Å². The number of piperazine rings is 1. The van der Waals surface area contributed by atoms with Crippen molar-refractivity contribution in [3.05, 3.63) is 54.6 Å². The van der Waals surface area contributed by atoms with E-state index in [1.165, 1.54) is 28.8 Å². The first-order chi connectivity index (χ1) is 10.6. The zero-order valence-corrected chi connectivity index (χ0v) is 12.7. The minimum Gasteiger partial charge on any atom is -0.367 e. The molecule has 7 heteroatoms. The van der Waals surface area contributed by atoms with Crippen LogP contribution in [0.4, 0.5) is 10.1 Å². The molecule has 116 valence electrons. The summed E-state index contributed by atoms with van der Waals surface area (Å²) in [5, 5.41) is 0. The largest absolute Gasteiger partial charge is 0.367 e. The van der Waals surface area contributed by atoms with Gasteiger partial charge in [0, 0.05) is 38.6 Å². The smallest absolute Gasteiger partial charge is 0.244 e. The van der Waals surface area contributed by atoms with Crippen molar-refractivity contribution < 1.29 is 12.8 Å². The summed E-state index contributed by atoms with van der Waals surface area (Å²) in [4.78, 5) is 5.91. The zero-order chi connectivity index (χ0) is 15.6. The Kier molecular flexibility index (Phi) is 4.08. The number of benzene rings is 1. The standard InChI is InChI=1S/C15H16FN3O2S/c16-14-5-1-2-6-15(14)18-8-10-19(11-9-18)22(20,21)13-4-3-7-17-12-13/h1-7,12H,8-11H2. The molecule has 1 aliphatic heterocycles. The van der Waals surface area contributed by atoms with Gasteiger partial charge in [0.05, 0.1) is 5.69 Å². The number of nitrogens with zero attached hydrogens (tertiary/aromatic N) is 3. The van der Waals surface area contributed by atoms with Crippen LogP contribution in [0.2, 0.25) is 0 Å². The number of rotatable bonds is 3. The molecule has 5 nitrogen and oxygen atoms in total. The number of aromatic nitrogens is 1. The molecule has 0 N–H and O–H groups in total. The van der Waals surface area contributed by atoms with E-state index in [-0.39, 0.29) is 10.7 Å². The van der Waals surface area contributed by atoms with Crippen molar-refractivity contribution in [1.29, 1.82) is 0 Å². The molecule has 3 rings (SSSR count). The van der Waals surface area contributed by atoms with Crippen molar-refractivity contribution in [2.75, 3.05) is 31.1 Å². The number of halogens is 1. The predicted octanol–water partition coefficient (Wildman–Crippen LogP) is 1.73. The van der Waals surface area contributed by atoms with Gasteiger partial charge in [0.2, 0.25) is 10.0 Å². The van der Waals surface area contributed by atoms with E-state index in [9.17, 15) is 12.8 Å². The molecule has 1 saturated heterocycles. The highest BCUT2D eigenvalue weighted by Crippen LogP contribution is 2.22. The van der Waals surface area contributed by atoms with Gasteiger partial charge in [-0.05, 0) is 24.3 Å². The Hall–Kier alpha value is -1.99. The van der Waals surface area contributed by atoms with Crippen LogP contribution in [0.5, 0.6) is 0 Å². The Bertz CT molecular complexity index is 744. The number of anilines is 1. The maximum atomic E-state index is 13.8.